The van der Waals surface area contributed by atoms with Crippen LogP contribution in [0.15, 0.2) is 108 Å². The Labute approximate surface area is 280 Å². The lowest BCUT2D eigenvalue weighted by molar-refractivity contribution is -0.136. The lowest BCUT2D eigenvalue weighted by Gasteiger charge is -2.25. The smallest absolute Gasteiger partial charge is 0.326 e. The Morgan fingerprint density at radius 1 is 0.875 bits per heavy atom. The molecule has 0 aliphatic heterocycles. The number of aryl methyl sites for hydroxylation is 1. The number of amides is 3. The standard InChI is InChI=1S/C37H38N4O6S/c1-26-8-7-11-31(24-26)40-48(46,47)34-13-6-5-12-33(34)39-37(45)41(32-20-18-29(19-21-32)28-9-3-2-4-10-28)25-27-14-16-30(17-15-27)36(44)38-23-22-35(42)43/h5-9,11-21,24,40H,2-4,10,22-23,25H2,1H3,(H,38,44)(H,39,45)(H,42,43). The SMILES string of the molecule is Cc1cccc(NS(=O)(=O)c2ccccc2NC(=O)N(Cc2ccc(C(=O)NCCC(=O)O)cc2)c2ccc(C3=CCCCC3)cc2)c1. The van der Waals surface area contributed by atoms with Crippen LogP contribution in [-0.4, -0.2) is 38.0 Å². The van der Waals surface area contributed by atoms with Crippen molar-refractivity contribution in [1.29, 1.82) is 0 Å². The molecule has 0 fully saturated rings. The van der Waals surface area contributed by atoms with Crippen molar-refractivity contribution < 1.29 is 27.9 Å². The first kappa shape index (κ1) is 33.9. The van der Waals surface area contributed by atoms with Crippen molar-refractivity contribution in [2.45, 2.75) is 50.5 Å². The van der Waals surface area contributed by atoms with E-state index in [0.717, 1.165) is 30.4 Å². The highest BCUT2D eigenvalue weighted by atomic mass is 32.2. The fourth-order valence-electron chi connectivity index (χ4n) is 5.47. The summed E-state index contributed by atoms with van der Waals surface area (Å²) in [7, 11) is -4.06. The second kappa shape index (κ2) is 15.4. The van der Waals surface area contributed by atoms with Gasteiger partial charge in [0.25, 0.3) is 15.9 Å². The van der Waals surface area contributed by atoms with Gasteiger partial charge < -0.3 is 15.7 Å². The van der Waals surface area contributed by atoms with E-state index in [1.54, 1.807) is 54.6 Å². The topological polar surface area (TPSA) is 145 Å². The molecule has 0 bridgehead atoms. The number of urea groups is 1. The molecule has 11 heteroatoms. The molecule has 0 aromatic heterocycles. The normalized spacial score (nSPS) is 12.8. The minimum Gasteiger partial charge on any atom is -0.481 e. The van der Waals surface area contributed by atoms with E-state index in [1.165, 1.54) is 29.0 Å². The molecule has 0 saturated heterocycles. The number of anilines is 3. The number of nitrogens with zero attached hydrogens (tertiary/aromatic N) is 1. The maximum absolute atomic E-state index is 14.0. The largest absolute Gasteiger partial charge is 0.481 e. The minimum absolute atomic E-state index is 0.00840. The van der Waals surface area contributed by atoms with Gasteiger partial charge in [-0.05, 0) is 103 Å². The number of hydrogen-bond donors (Lipinski definition) is 4. The molecule has 0 heterocycles. The number of para-hydroxylation sites is 1. The summed E-state index contributed by atoms with van der Waals surface area (Å²) in [4.78, 5) is 38.7. The first-order valence-corrected chi connectivity index (χ1v) is 17.2. The van der Waals surface area contributed by atoms with Crippen LogP contribution in [0, 0.1) is 6.92 Å². The molecule has 4 N–H and O–H groups in total. The molecular weight excluding hydrogens is 628 g/mol. The molecule has 0 spiro atoms. The summed E-state index contributed by atoms with van der Waals surface area (Å²) < 4.78 is 29.6. The molecule has 10 nitrogen and oxygen atoms in total. The van der Waals surface area contributed by atoms with Crippen LogP contribution in [0.2, 0.25) is 0 Å². The Balaban J connectivity index is 1.40. The highest BCUT2D eigenvalue weighted by Crippen LogP contribution is 2.30. The van der Waals surface area contributed by atoms with Gasteiger partial charge >= 0.3 is 12.0 Å². The van der Waals surface area contributed by atoms with Crippen LogP contribution in [0.1, 0.15) is 59.2 Å². The molecule has 0 atom stereocenters. The summed E-state index contributed by atoms with van der Waals surface area (Å²) in [5, 5.41) is 14.2. The second-order valence-electron chi connectivity index (χ2n) is 11.6. The zero-order chi connectivity index (χ0) is 34.1. The monoisotopic (exact) mass is 666 g/mol. The third-order valence-corrected chi connectivity index (χ3v) is 9.40. The van der Waals surface area contributed by atoms with Crippen molar-refractivity contribution >= 4 is 50.6 Å². The number of carbonyl (C=O) groups excluding carboxylic acids is 2. The summed E-state index contributed by atoms with van der Waals surface area (Å²) in [6.45, 7) is 1.99. The van der Waals surface area contributed by atoms with Crippen molar-refractivity contribution in [2.24, 2.45) is 0 Å². The van der Waals surface area contributed by atoms with Crippen LogP contribution >= 0.6 is 0 Å². The maximum Gasteiger partial charge on any atom is 0.326 e. The number of rotatable bonds is 12. The fourth-order valence-corrected chi connectivity index (χ4v) is 6.68. The van der Waals surface area contributed by atoms with Crippen LogP contribution in [-0.2, 0) is 21.4 Å². The van der Waals surface area contributed by atoms with E-state index in [2.05, 4.69) is 21.4 Å². The molecule has 1 aliphatic carbocycles. The molecule has 0 saturated carbocycles. The number of allylic oxidation sites excluding steroid dienone is 2. The highest BCUT2D eigenvalue weighted by Gasteiger charge is 2.23. The van der Waals surface area contributed by atoms with Gasteiger partial charge in [-0.15, -0.1) is 0 Å². The van der Waals surface area contributed by atoms with Crippen molar-refractivity contribution in [3.8, 4) is 0 Å². The maximum atomic E-state index is 14.0. The predicted molar refractivity (Wildman–Crippen MR) is 188 cm³/mol. The Morgan fingerprint density at radius 2 is 1.62 bits per heavy atom. The number of hydrogen-bond acceptors (Lipinski definition) is 5. The summed E-state index contributed by atoms with van der Waals surface area (Å²) in [5.41, 5.74) is 5.46. The average molecular weight is 667 g/mol. The van der Waals surface area contributed by atoms with E-state index in [1.807, 2.05) is 37.3 Å². The van der Waals surface area contributed by atoms with Crippen LogP contribution in [0.4, 0.5) is 21.9 Å². The zero-order valence-corrected chi connectivity index (χ0v) is 27.4. The lowest BCUT2D eigenvalue weighted by atomic mass is 9.93. The number of sulfonamides is 1. The molecule has 48 heavy (non-hydrogen) atoms. The Bertz CT molecular complexity index is 1920. The molecule has 3 amide bonds. The first-order chi connectivity index (χ1) is 23.1. The van der Waals surface area contributed by atoms with Crippen molar-refractivity contribution in [3.63, 3.8) is 0 Å². The molecule has 0 radical (unpaired) electrons. The summed E-state index contributed by atoms with van der Waals surface area (Å²) in [6, 6.07) is 27.1. The predicted octanol–water partition coefficient (Wildman–Crippen LogP) is 7.20. The zero-order valence-electron chi connectivity index (χ0n) is 26.6. The quantitative estimate of drug-likeness (QED) is 0.126. The van der Waals surface area contributed by atoms with Gasteiger partial charge in [0.2, 0.25) is 0 Å². The van der Waals surface area contributed by atoms with Crippen LogP contribution in [0.3, 0.4) is 0 Å². The van der Waals surface area contributed by atoms with Crippen molar-refractivity contribution in [2.75, 3.05) is 21.5 Å². The fraction of sp³-hybridized carbons (Fsp3) is 0.216. The third kappa shape index (κ3) is 8.89. The van der Waals surface area contributed by atoms with Gasteiger partial charge in [-0.2, -0.15) is 0 Å². The van der Waals surface area contributed by atoms with Gasteiger partial charge in [0.15, 0.2) is 0 Å². The second-order valence-corrected chi connectivity index (χ2v) is 13.3. The van der Waals surface area contributed by atoms with Gasteiger partial charge in [-0.1, -0.05) is 54.6 Å². The Morgan fingerprint density at radius 3 is 2.31 bits per heavy atom. The number of carboxylic acids is 1. The van der Waals surface area contributed by atoms with E-state index in [4.69, 9.17) is 5.11 Å². The number of carboxylic acid groups (broad SMARTS) is 1. The number of carbonyl (C=O) groups is 3. The van der Waals surface area contributed by atoms with Crippen LogP contribution in [0.25, 0.3) is 5.57 Å². The molecule has 248 valence electrons. The number of benzene rings is 4. The molecule has 1 aliphatic rings. The first-order valence-electron chi connectivity index (χ1n) is 15.7. The van der Waals surface area contributed by atoms with E-state index < -0.39 is 27.9 Å². The van der Waals surface area contributed by atoms with E-state index in [-0.39, 0.29) is 30.1 Å². The molecule has 0 unspecified atom stereocenters. The van der Waals surface area contributed by atoms with Gasteiger partial charge in [0.1, 0.15) is 4.90 Å². The van der Waals surface area contributed by atoms with Crippen LogP contribution < -0.4 is 20.3 Å². The summed E-state index contributed by atoms with van der Waals surface area (Å²) in [5.74, 6) is -1.41. The molecule has 4 aromatic carbocycles. The highest BCUT2D eigenvalue weighted by molar-refractivity contribution is 7.92. The van der Waals surface area contributed by atoms with Gasteiger partial charge in [-0.25, -0.2) is 13.2 Å². The van der Waals surface area contributed by atoms with Crippen molar-refractivity contribution in [1.82, 2.24) is 5.32 Å². The molecule has 4 aromatic rings. The van der Waals surface area contributed by atoms with Crippen LogP contribution in [0.5, 0.6) is 0 Å². The summed E-state index contributed by atoms with van der Waals surface area (Å²) in [6.07, 6.45) is 6.43. The lowest BCUT2D eigenvalue weighted by Crippen LogP contribution is -2.35. The Kier molecular flexibility index (Phi) is 10.9. The van der Waals surface area contributed by atoms with Gasteiger partial charge in [0, 0.05) is 23.5 Å². The van der Waals surface area contributed by atoms with E-state index in [0.29, 0.717) is 22.5 Å². The Hall–Kier alpha value is -5.42. The van der Waals surface area contributed by atoms with E-state index in [9.17, 15) is 22.8 Å². The van der Waals surface area contributed by atoms with Crippen molar-refractivity contribution in [3.05, 3.63) is 125 Å². The average Bonchev–Trinajstić information content (AvgIpc) is 3.08. The van der Waals surface area contributed by atoms with Gasteiger partial charge in [0.05, 0.1) is 18.7 Å². The molecular formula is C37H38N4O6S. The van der Waals surface area contributed by atoms with E-state index >= 15 is 0 Å². The number of aliphatic carboxylic acids is 1. The minimum atomic E-state index is -4.06. The van der Waals surface area contributed by atoms with Gasteiger partial charge in [-0.3, -0.25) is 19.2 Å². The molecule has 5 rings (SSSR count). The summed E-state index contributed by atoms with van der Waals surface area (Å²) >= 11 is 0. The number of nitrogens with one attached hydrogen (secondary N) is 3. The third-order valence-electron chi connectivity index (χ3n) is 7.96.